The van der Waals surface area contributed by atoms with Gasteiger partial charge in [-0.1, -0.05) is 0 Å². The largest absolute Gasteiger partial charge is 0.465 e. The van der Waals surface area contributed by atoms with Gasteiger partial charge in [-0.15, -0.1) is 0 Å². The first-order chi connectivity index (χ1) is 6.86. The minimum absolute atomic E-state index is 0.466. The average molecular weight is 212 g/mol. The van der Waals surface area contributed by atoms with Gasteiger partial charge in [-0.05, 0) is 0 Å². The molecule has 0 aromatic heterocycles. The van der Waals surface area contributed by atoms with Gasteiger partial charge in [0.25, 0.3) is 0 Å². The predicted molar refractivity (Wildman–Crippen MR) is 53.5 cm³/mol. The summed E-state index contributed by atoms with van der Waals surface area (Å²) in [5.74, 6) is 0.298. The summed E-state index contributed by atoms with van der Waals surface area (Å²) in [5, 5.41) is 0. The summed E-state index contributed by atoms with van der Waals surface area (Å²) in [6.07, 6.45) is 3.38. The summed E-state index contributed by atoms with van der Waals surface area (Å²) in [5.41, 5.74) is 0. The van der Waals surface area contributed by atoms with Crippen LogP contribution in [0.1, 0.15) is 27.7 Å². The summed E-state index contributed by atoms with van der Waals surface area (Å²) < 4.78 is 21.7. The van der Waals surface area contributed by atoms with Crippen LogP contribution in [0.4, 0.5) is 0 Å². The Hall–Kier alpha value is -1.16. The van der Waals surface area contributed by atoms with Crippen LogP contribution in [-0.4, -0.2) is 18.2 Å². The Morgan fingerprint density at radius 3 is 2.33 bits per heavy atom. The van der Waals surface area contributed by atoms with E-state index in [0.717, 1.165) is 5.76 Å². The molecule has 0 aliphatic carbocycles. The van der Waals surface area contributed by atoms with E-state index >= 15 is 0 Å². The molecular weight excluding hydrogens is 196 g/mol. The molecule has 0 atom stereocenters. The molecule has 2 aliphatic heterocycles. The van der Waals surface area contributed by atoms with E-state index in [0.29, 0.717) is 12.4 Å². The second-order valence-corrected chi connectivity index (χ2v) is 4.54. The zero-order valence-corrected chi connectivity index (χ0v) is 9.49. The van der Waals surface area contributed by atoms with Gasteiger partial charge in [-0.3, -0.25) is 0 Å². The van der Waals surface area contributed by atoms with E-state index in [1.807, 2.05) is 27.7 Å². The van der Waals surface area contributed by atoms with Gasteiger partial charge >= 0.3 is 0 Å². The van der Waals surface area contributed by atoms with Gasteiger partial charge in [0.05, 0.1) is 0 Å². The Bertz CT molecular complexity index is 325. The summed E-state index contributed by atoms with van der Waals surface area (Å²) in [4.78, 5) is 0. The number of hydrogen-bond acceptors (Lipinski definition) is 4. The highest BCUT2D eigenvalue weighted by molar-refractivity contribution is 5.18. The van der Waals surface area contributed by atoms with Crippen LogP contribution in [0, 0.1) is 0 Å². The summed E-state index contributed by atoms with van der Waals surface area (Å²) in [7, 11) is 0. The molecule has 1 fully saturated rings. The standard InChI is InChI=1S/C11H16O4/c1-10(2)12-6-8(14-10)5-9-7-13-11(3,4)15-9/h5-6H,7H2,1-4H3/b9-5+. The van der Waals surface area contributed by atoms with E-state index in [4.69, 9.17) is 18.9 Å². The van der Waals surface area contributed by atoms with Gasteiger partial charge in [0.1, 0.15) is 18.6 Å². The first-order valence-electron chi connectivity index (χ1n) is 4.97. The molecule has 0 aromatic carbocycles. The molecule has 0 bridgehead atoms. The van der Waals surface area contributed by atoms with Crippen molar-refractivity contribution in [1.82, 2.24) is 0 Å². The first kappa shape index (κ1) is 10.4. The van der Waals surface area contributed by atoms with Crippen LogP contribution in [0.25, 0.3) is 0 Å². The molecule has 2 rings (SSSR count). The first-order valence-corrected chi connectivity index (χ1v) is 4.97. The molecule has 4 nitrogen and oxygen atoms in total. The third kappa shape index (κ3) is 2.45. The van der Waals surface area contributed by atoms with Crippen molar-refractivity contribution in [2.24, 2.45) is 0 Å². The molecule has 0 saturated carbocycles. The second kappa shape index (κ2) is 3.17. The van der Waals surface area contributed by atoms with Crippen molar-refractivity contribution in [2.75, 3.05) is 6.61 Å². The molecule has 84 valence electrons. The van der Waals surface area contributed by atoms with Crippen LogP contribution in [0.2, 0.25) is 0 Å². The Morgan fingerprint density at radius 1 is 1.13 bits per heavy atom. The van der Waals surface area contributed by atoms with Crippen molar-refractivity contribution >= 4 is 0 Å². The molecule has 0 radical (unpaired) electrons. The maximum absolute atomic E-state index is 5.54. The summed E-state index contributed by atoms with van der Waals surface area (Å²) in [6, 6.07) is 0. The third-order valence-corrected chi connectivity index (χ3v) is 2.06. The van der Waals surface area contributed by atoms with Crippen LogP contribution in [0.5, 0.6) is 0 Å². The highest BCUT2D eigenvalue weighted by Crippen LogP contribution is 2.29. The van der Waals surface area contributed by atoms with Crippen LogP contribution in [0.3, 0.4) is 0 Å². The minimum atomic E-state index is -0.582. The van der Waals surface area contributed by atoms with Crippen LogP contribution in [0.15, 0.2) is 23.9 Å². The van der Waals surface area contributed by atoms with E-state index in [2.05, 4.69) is 0 Å². The summed E-state index contributed by atoms with van der Waals surface area (Å²) in [6.45, 7) is 7.92. The molecule has 4 heteroatoms. The fourth-order valence-electron chi connectivity index (χ4n) is 1.44. The topological polar surface area (TPSA) is 36.9 Å². The van der Waals surface area contributed by atoms with Crippen LogP contribution >= 0.6 is 0 Å². The quantitative estimate of drug-likeness (QED) is 0.668. The maximum atomic E-state index is 5.54. The van der Waals surface area contributed by atoms with E-state index in [1.54, 1.807) is 12.3 Å². The Morgan fingerprint density at radius 2 is 1.87 bits per heavy atom. The Kier molecular flexibility index (Phi) is 2.19. The summed E-state index contributed by atoms with van der Waals surface area (Å²) >= 11 is 0. The van der Waals surface area contributed by atoms with Gasteiger partial charge in [0.15, 0.2) is 5.76 Å². The van der Waals surface area contributed by atoms with Crippen LogP contribution in [-0.2, 0) is 18.9 Å². The van der Waals surface area contributed by atoms with Crippen molar-refractivity contribution in [3.8, 4) is 0 Å². The molecule has 0 spiro atoms. The smallest absolute Gasteiger partial charge is 0.245 e. The fraction of sp³-hybridized carbons (Fsp3) is 0.636. The zero-order chi connectivity index (χ0) is 11.1. The van der Waals surface area contributed by atoms with Crippen LogP contribution < -0.4 is 0 Å². The number of allylic oxidation sites excluding steroid dienone is 1. The number of ether oxygens (including phenoxy) is 4. The van der Waals surface area contributed by atoms with Gasteiger partial charge in [-0.2, -0.15) is 0 Å². The van der Waals surface area contributed by atoms with Crippen molar-refractivity contribution in [2.45, 2.75) is 39.3 Å². The van der Waals surface area contributed by atoms with Crippen molar-refractivity contribution in [3.05, 3.63) is 23.9 Å². The van der Waals surface area contributed by atoms with Crippen molar-refractivity contribution < 1.29 is 18.9 Å². The monoisotopic (exact) mass is 212 g/mol. The second-order valence-electron chi connectivity index (χ2n) is 4.54. The van der Waals surface area contributed by atoms with Gasteiger partial charge in [0, 0.05) is 33.8 Å². The highest BCUT2D eigenvalue weighted by atomic mass is 16.7. The SMILES string of the molecule is CC1(C)OC=C(/C=C2\COC(C)(C)O2)O1. The van der Waals surface area contributed by atoms with Crippen molar-refractivity contribution in [3.63, 3.8) is 0 Å². The molecule has 1 saturated heterocycles. The molecule has 0 amide bonds. The molecule has 0 N–H and O–H groups in total. The van der Waals surface area contributed by atoms with Gasteiger partial charge in [0.2, 0.25) is 11.6 Å². The lowest BCUT2D eigenvalue weighted by atomic mass is 10.4. The van der Waals surface area contributed by atoms with E-state index < -0.39 is 11.6 Å². The van der Waals surface area contributed by atoms with Crippen molar-refractivity contribution in [1.29, 1.82) is 0 Å². The highest BCUT2D eigenvalue weighted by Gasteiger charge is 2.31. The third-order valence-electron chi connectivity index (χ3n) is 2.06. The lowest BCUT2D eigenvalue weighted by Gasteiger charge is -2.17. The van der Waals surface area contributed by atoms with E-state index in [9.17, 15) is 0 Å². The molecule has 2 aliphatic rings. The lowest BCUT2D eigenvalue weighted by molar-refractivity contribution is -0.118. The molecule has 15 heavy (non-hydrogen) atoms. The average Bonchev–Trinajstić information content (AvgIpc) is 2.56. The number of hydrogen-bond donors (Lipinski definition) is 0. The maximum Gasteiger partial charge on any atom is 0.245 e. The van der Waals surface area contributed by atoms with E-state index in [-0.39, 0.29) is 0 Å². The molecule has 0 aromatic rings. The predicted octanol–water partition coefficient (Wildman–Crippen LogP) is 2.28. The van der Waals surface area contributed by atoms with Gasteiger partial charge < -0.3 is 18.9 Å². The van der Waals surface area contributed by atoms with E-state index in [1.165, 1.54) is 0 Å². The lowest BCUT2D eigenvalue weighted by Crippen LogP contribution is -2.20. The number of rotatable bonds is 1. The van der Waals surface area contributed by atoms with Gasteiger partial charge in [-0.25, -0.2) is 0 Å². The molecule has 2 heterocycles. The fourth-order valence-corrected chi connectivity index (χ4v) is 1.44. The molecular formula is C11H16O4. The minimum Gasteiger partial charge on any atom is -0.465 e. The zero-order valence-electron chi connectivity index (χ0n) is 9.49. The molecule has 0 unspecified atom stereocenters. The Balaban J connectivity index is 2.01. The normalized spacial score (nSPS) is 29.3. The Labute approximate surface area is 89.5 Å².